The zero-order valence-electron chi connectivity index (χ0n) is 42.5. The number of carbonyl (C=O) groups is 4. The smallest absolute Gasteiger partial charge is 0.348 e. The van der Waals surface area contributed by atoms with Gasteiger partial charge in [-0.25, -0.2) is 4.79 Å². The molecule has 69 heavy (non-hydrogen) atoms. The van der Waals surface area contributed by atoms with Crippen LogP contribution in [0.1, 0.15) is 168 Å². The topological polar surface area (TPSA) is 135 Å². The molecule has 11 nitrogen and oxygen atoms in total. The number of aliphatic hydroxyl groups excluding tert-OH is 1. The van der Waals surface area contributed by atoms with E-state index in [4.69, 9.17) is 23.7 Å². The minimum atomic E-state index is -1.68. The molecule has 2 aromatic carbocycles. The second kappa shape index (κ2) is 20.0. The van der Waals surface area contributed by atoms with E-state index in [0.717, 1.165) is 57.8 Å². The van der Waals surface area contributed by atoms with Crippen LogP contribution in [0.25, 0.3) is 0 Å². The SMILES string of the molecule is C[C@H](CCC(=O)OC(C)(C)C)C1CCC2C3C(CC[C@@]21C)[C@@]1(C)CC[C@@H](OC(=O)CCC(=O)OCOC(C(=O)OC2CC4CCC(C2)[N+]42CCCC2)(c2ccccc2)c2ccccc2)CC1C[C@H]3O. The van der Waals surface area contributed by atoms with Crippen molar-refractivity contribution in [1.82, 2.24) is 0 Å². The normalized spacial score (nSPS) is 35.0. The number of quaternary nitrogens is 1. The lowest BCUT2D eigenvalue weighted by molar-refractivity contribution is -0.956. The van der Waals surface area contributed by atoms with E-state index in [0.29, 0.717) is 66.1 Å². The van der Waals surface area contributed by atoms with E-state index in [1.165, 1.54) is 43.3 Å². The van der Waals surface area contributed by atoms with Crippen molar-refractivity contribution in [2.75, 3.05) is 19.9 Å². The van der Waals surface area contributed by atoms with Crippen molar-refractivity contribution in [3.05, 3.63) is 71.8 Å². The van der Waals surface area contributed by atoms with Gasteiger partial charge in [-0.2, -0.15) is 0 Å². The summed E-state index contributed by atoms with van der Waals surface area (Å²) in [5, 5.41) is 12.0. The molecule has 1 N–H and O–H groups in total. The third-order valence-corrected chi connectivity index (χ3v) is 19.6. The molecule has 9 rings (SSSR count). The van der Waals surface area contributed by atoms with Crippen molar-refractivity contribution in [1.29, 1.82) is 0 Å². The van der Waals surface area contributed by atoms with E-state index in [9.17, 15) is 24.3 Å². The highest BCUT2D eigenvalue weighted by molar-refractivity contribution is 5.86. The summed E-state index contributed by atoms with van der Waals surface area (Å²) in [4.78, 5) is 54.0. The second-order valence-electron chi connectivity index (χ2n) is 24.3. The lowest BCUT2D eigenvalue weighted by Crippen LogP contribution is -2.60. The standard InChI is InChI=1S/C58H82NO10/c1-38(19-24-52(63)69-55(2,3)4)46-22-23-47-53-48(28-30-57(46,47)6)56(5)29-27-44(33-41(56)34-49(53)60)67-51(62)26-25-50(61)65-37-66-58(39-15-9-7-10-16-39,40-17-11-8-12-18-40)54(64)68-45-35-42-20-21-43(36-45)59(42)31-13-14-32-59/h7-12,15-18,38,41-49,53,60H,13-14,19-37H2,1-6H3/q+1/t38-,41?,42?,43?,44-,45?,46?,47?,48?,49-,53?,56+,57-/m1/s1. The van der Waals surface area contributed by atoms with Crippen molar-refractivity contribution < 1.29 is 52.5 Å². The molecule has 3 heterocycles. The molecule has 0 radical (unpaired) electrons. The minimum absolute atomic E-state index is 0.0626. The Balaban J connectivity index is 0.773. The van der Waals surface area contributed by atoms with Gasteiger partial charge in [-0.15, -0.1) is 0 Å². The van der Waals surface area contributed by atoms with Crippen molar-refractivity contribution in [2.45, 2.75) is 199 Å². The average Bonchev–Trinajstić information content (AvgIpc) is 3.99. The maximum Gasteiger partial charge on any atom is 0.348 e. The molecule has 7 aliphatic rings. The summed E-state index contributed by atoms with van der Waals surface area (Å²) in [7, 11) is 0. The molecule has 2 aromatic rings. The summed E-state index contributed by atoms with van der Waals surface area (Å²) < 4.78 is 31.5. The van der Waals surface area contributed by atoms with Gasteiger partial charge >= 0.3 is 23.9 Å². The number of carbonyl (C=O) groups excluding carboxylic acids is 4. The van der Waals surface area contributed by atoms with Crippen LogP contribution in [0.15, 0.2) is 60.7 Å². The maximum absolute atomic E-state index is 14.7. The molecule has 7 unspecified atom stereocenters. The number of hydrogen-bond acceptors (Lipinski definition) is 10. The first-order valence-corrected chi connectivity index (χ1v) is 27.0. The Morgan fingerprint density at radius 2 is 1.30 bits per heavy atom. The second-order valence-corrected chi connectivity index (χ2v) is 24.3. The van der Waals surface area contributed by atoms with E-state index in [1.807, 2.05) is 81.4 Å². The monoisotopic (exact) mass is 953 g/mol. The summed E-state index contributed by atoms with van der Waals surface area (Å²) in [6, 6.07) is 19.6. The van der Waals surface area contributed by atoms with E-state index >= 15 is 0 Å². The largest absolute Gasteiger partial charge is 0.462 e. The third-order valence-electron chi connectivity index (χ3n) is 19.6. The molecular weight excluding hydrogens is 871 g/mol. The van der Waals surface area contributed by atoms with Gasteiger partial charge in [-0.05, 0) is 136 Å². The Hall–Kier alpha value is -3.80. The Morgan fingerprint density at radius 3 is 1.94 bits per heavy atom. The number of benzene rings is 2. The fourth-order valence-electron chi connectivity index (χ4n) is 16.4. The molecule has 0 aromatic heterocycles. The van der Waals surface area contributed by atoms with Crippen molar-refractivity contribution in [2.24, 2.45) is 46.3 Å². The predicted molar refractivity (Wildman–Crippen MR) is 261 cm³/mol. The zero-order valence-corrected chi connectivity index (χ0v) is 42.5. The molecule has 11 heteroatoms. The highest BCUT2D eigenvalue weighted by Gasteiger charge is 2.63. The minimum Gasteiger partial charge on any atom is -0.462 e. The zero-order chi connectivity index (χ0) is 48.8. The van der Waals surface area contributed by atoms with Crippen molar-refractivity contribution >= 4 is 23.9 Å². The molecule has 4 aliphatic carbocycles. The van der Waals surface area contributed by atoms with Gasteiger partial charge in [0.2, 0.25) is 5.60 Å². The molecule has 0 amide bonds. The molecule has 7 fully saturated rings. The van der Waals surface area contributed by atoms with E-state index < -0.39 is 42.0 Å². The number of esters is 4. The number of piperidine rings is 1. The van der Waals surface area contributed by atoms with Crippen LogP contribution < -0.4 is 0 Å². The molecule has 4 saturated carbocycles. The summed E-state index contributed by atoms with van der Waals surface area (Å²) >= 11 is 0. The van der Waals surface area contributed by atoms with Crippen molar-refractivity contribution in [3.8, 4) is 0 Å². The molecule has 1 spiro atoms. The molecule has 3 saturated heterocycles. The van der Waals surface area contributed by atoms with Gasteiger partial charge in [0.1, 0.15) is 17.8 Å². The van der Waals surface area contributed by atoms with Crippen LogP contribution in [0.5, 0.6) is 0 Å². The Labute approximate surface area is 411 Å². The Morgan fingerprint density at radius 1 is 0.696 bits per heavy atom. The maximum atomic E-state index is 14.7. The fourth-order valence-corrected chi connectivity index (χ4v) is 16.4. The molecule has 2 bridgehead atoms. The van der Waals surface area contributed by atoms with Crippen LogP contribution in [0.3, 0.4) is 0 Å². The molecular formula is C58H82NO10+. The Bertz CT molecular complexity index is 2080. The number of fused-ring (bicyclic) bond motifs is 5. The lowest BCUT2D eigenvalue weighted by Gasteiger charge is -2.62. The first kappa shape index (κ1) is 50.2. The fraction of sp³-hybridized carbons (Fsp3) is 0.724. The van der Waals surface area contributed by atoms with Gasteiger partial charge in [0, 0.05) is 44.9 Å². The van der Waals surface area contributed by atoms with Gasteiger partial charge < -0.3 is 33.3 Å². The van der Waals surface area contributed by atoms with Gasteiger partial charge in [0.25, 0.3) is 0 Å². The van der Waals surface area contributed by atoms with Gasteiger partial charge in [0.05, 0.1) is 44.1 Å². The first-order chi connectivity index (χ1) is 32.9. The Kier molecular flexibility index (Phi) is 14.5. The molecule has 12 atom stereocenters. The van der Waals surface area contributed by atoms with Crippen LogP contribution >= 0.6 is 0 Å². The number of ether oxygens (including phenoxy) is 5. The number of nitrogens with zero attached hydrogens (tertiary/aromatic N) is 1. The van der Waals surface area contributed by atoms with Gasteiger partial charge in [-0.3, -0.25) is 14.4 Å². The van der Waals surface area contributed by atoms with Gasteiger partial charge in [0.15, 0.2) is 6.79 Å². The molecule has 378 valence electrons. The van der Waals surface area contributed by atoms with E-state index in [2.05, 4.69) is 20.8 Å². The van der Waals surface area contributed by atoms with Crippen LogP contribution in [0.4, 0.5) is 0 Å². The van der Waals surface area contributed by atoms with E-state index in [1.54, 1.807) is 0 Å². The third kappa shape index (κ3) is 9.80. The predicted octanol–water partition coefficient (Wildman–Crippen LogP) is 10.4. The van der Waals surface area contributed by atoms with Gasteiger partial charge in [-0.1, -0.05) is 81.4 Å². The number of aliphatic hydroxyl groups is 1. The summed E-state index contributed by atoms with van der Waals surface area (Å²) in [6.45, 7) is 14.9. The summed E-state index contributed by atoms with van der Waals surface area (Å²) in [5.74, 6) is 0.623. The lowest BCUT2D eigenvalue weighted by atomic mass is 9.43. The van der Waals surface area contributed by atoms with Crippen LogP contribution in [0, 0.1) is 46.3 Å². The number of rotatable bonds is 15. The van der Waals surface area contributed by atoms with E-state index in [-0.39, 0.29) is 53.7 Å². The highest BCUT2D eigenvalue weighted by atomic mass is 16.7. The van der Waals surface area contributed by atoms with Crippen molar-refractivity contribution in [3.63, 3.8) is 0 Å². The quantitative estimate of drug-likeness (QED) is 0.0796. The van der Waals surface area contributed by atoms with Crippen LogP contribution in [-0.2, 0) is 48.5 Å². The first-order valence-electron chi connectivity index (χ1n) is 27.0. The summed E-state index contributed by atoms with van der Waals surface area (Å²) in [5.41, 5.74) is -0.784. The average molecular weight is 953 g/mol. The van der Waals surface area contributed by atoms with Crippen LogP contribution in [0.2, 0.25) is 0 Å². The van der Waals surface area contributed by atoms with Crippen LogP contribution in [-0.4, -0.2) is 89.3 Å². The molecule has 3 aliphatic heterocycles. The highest BCUT2D eigenvalue weighted by Crippen LogP contribution is 2.68. The summed E-state index contributed by atoms with van der Waals surface area (Å²) in [6.07, 6.45) is 14.3. The number of hydrogen-bond donors (Lipinski definition) is 1.